The summed E-state index contributed by atoms with van der Waals surface area (Å²) in [5.41, 5.74) is 7.35. The zero-order valence-corrected chi connectivity index (χ0v) is 11.2. The molecular formula is C14H16N4O2. The first-order valence-electron chi connectivity index (χ1n) is 6.11. The minimum Gasteiger partial charge on any atom is -0.383 e. The Balaban J connectivity index is 2.56. The number of aromatic nitrogens is 2. The molecule has 2 rings (SSSR count). The van der Waals surface area contributed by atoms with Crippen molar-refractivity contribution in [3.8, 4) is 11.1 Å². The minimum absolute atomic E-state index is 0.0901. The van der Waals surface area contributed by atoms with Crippen molar-refractivity contribution < 1.29 is 9.53 Å². The molecule has 0 saturated heterocycles. The smallest absolute Gasteiger partial charge is 0.252 e. The lowest BCUT2D eigenvalue weighted by Crippen LogP contribution is -2.30. The SMILES string of the molecule is COCCn1cc(-c2ccncc2)cc(C(N)=O)c1=N. The number of pyridine rings is 2. The number of carbonyl (C=O) groups excluding carboxylic acids is 1. The first-order valence-corrected chi connectivity index (χ1v) is 6.11. The fourth-order valence-electron chi connectivity index (χ4n) is 1.90. The molecule has 0 spiro atoms. The van der Waals surface area contributed by atoms with Gasteiger partial charge in [0.25, 0.3) is 5.91 Å². The van der Waals surface area contributed by atoms with Crippen LogP contribution in [0, 0.1) is 5.41 Å². The van der Waals surface area contributed by atoms with Crippen molar-refractivity contribution in [3.63, 3.8) is 0 Å². The number of nitrogens with zero attached hydrogens (tertiary/aromatic N) is 2. The number of amides is 1. The lowest BCUT2D eigenvalue weighted by Gasteiger charge is -2.12. The number of primary amides is 1. The Morgan fingerprint density at radius 1 is 1.40 bits per heavy atom. The second kappa shape index (κ2) is 6.12. The van der Waals surface area contributed by atoms with E-state index in [4.69, 9.17) is 15.9 Å². The molecule has 6 nitrogen and oxygen atoms in total. The summed E-state index contributed by atoms with van der Waals surface area (Å²) in [7, 11) is 1.59. The molecule has 20 heavy (non-hydrogen) atoms. The summed E-state index contributed by atoms with van der Waals surface area (Å²) < 4.78 is 6.67. The van der Waals surface area contributed by atoms with Crippen molar-refractivity contribution in [1.82, 2.24) is 9.55 Å². The summed E-state index contributed by atoms with van der Waals surface area (Å²) in [6.07, 6.45) is 5.16. The summed E-state index contributed by atoms with van der Waals surface area (Å²) in [6.45, 7) is 0.934. The predicted octanol–water partition coefficient (Wildman–Crippen LogP) is 0.775. The Bertz CT molecular complexity index is 665. The molecule has 0 fully saturated rings. The zero-order valence-electron chi connectivity index (χ0n) is 11.2. The van der Waals surface area contributed by atoms with Crippen LogP contribution in [0.4, 0.5) is 0 Å². The molecule has 104 valence electrons. The van der Waals surface area contributed by atoms with Gasteiger partial charge < -0.3 is 15.0 Å². The van der Waals surface area contributed by atoms with Gasteiger partial charge in [0.15, 0.2) is 0 Å². The molecule has 0 aliphatic carbocycles. The predicted molar refractivity (Wildman–Crippen MR) is 73.9 cm³/mol. The lowest BCUT2D eigenvalue weighted by atomic mass is 10.1. The van der Waals surface area contributed by atoms with Crippen molar-refractivity contribution >= 4 is 5.91 Å². The molecule has 0 aromatic carbocycles. The van der Waals surface area contributed by atoms with E-state index in [1.54, 1.807) is 30.1 Å². The number of rotatable bonds is 5. The number of carbonyl (C=O) groups is 1. The molecule has 1 amide bonds. The minimum atomic E-state index is -0.614. The number of hydrogen-bond donors (Lipinski definition) is 2. The van der Waals surface area contributed by atoms with E-state index >= 15 is 0 Å². The topological polar surface area (TPSA) is 94.0 Å². The van der Waals surface area contributed by atoms with E-state index in [1.807, 2.05) is 18.3 Å². The molecule has 3 N–H and O–H groups in total. The molecule has 0 aliphatic rings. The van der Waals surface area contributed by atoms with Gasteiger partial charge in [0.1, 0.15) is 5.49 Å². The maximum Gasteiger partial charge on any atom is 0.252 e. The van der Waals surface area contributed by atoms with Crippen LogP contribution in [0.3, 0.4) is 0 Å². The van der Waals surface area contributed by atoms with Crippen molar-refractivity contribution in [1.29, 1.82) is 5.41 Å². The third-order valence-electron chi connectivity index (χ3n) is 2.95. The van der Waals surface area contributed by atoms with Crippen LogP contribution in [0.25, 0.3) is 11.1 Å². The average Bonchev–Trinajstić information content (AvgIpc) is 2.46. The highest BCUT2D eigenvalue weighted by molar-refractivity contribution is 5.93. The third kappa shape index (κ3) is 2.92. The summed E-state index contributed by atoms with van der Waals surface area (Å²) in [4.78, 5) is 15.4. The Morgan fingerprint density at radius 2 is 2.10 bits per heavy atom. The first kappa shape index (κ1) is 14.0. The molecule has 2 aromatic heterocycles. The van der Waals surface area contributed by atoms with Gasteiger partial charge in [0, 0.05) is 32.2 Å². The highest BCUT2D eigenvalue weighted by Gasteiger charge is 2.10. The quantitative estimate of drug-likeness (QED) is 0.842. The summed E-state index contributed by atoms with van der Waals surface area (Å²) in [6, 6.07) is 5.30. The Labute approximate surface area is 116 Å². The van der Waals surface area contributed by atoms with Crippen LogP contribution in [-0.2, 0) is 11.3 Å². The summed E-state index contributed by atoms with van der Waals surface area (Å²) in [5, 5.41) is 8.01. The van der Waals surface area contributed by atoms with Crippen LogP contribution in [-0.4, -0.2) is 29.2 Å². The van der Waals surface area contributed by atoms with E-state index in [-0.39, 0.29) is 11.1 Å². The van der Waals surface area contributed by atoms with E-state index in [9.17, 15) is 4.79 Å². The molecule has 0 atom stereocenters. The van der Waals surface area contributed by atoms with E-state index in [0.717, 1.165) is 11.1 Å². The second-order valence-electron chi connectivity index (χ2n) is 4.28. The van der Waals surface area contributed by atoms with Gasteiger partial charge in [-0.05, 0) is 29.3 Å². The molecule has 0 radical (unpaired) electrons. The fourth-order valence-corrected chi connectivity index (χ4v) is 1.90. The molecular weight excluding hydrogens is 256 g/mol. The van der Waals surface area contributed by atoms with Gasteiger partial charge in [0.2, 0.25) is 0 Å². The maximum absolute atomic E-state index is 11.5. The standard InChI is InChI=1S/C14H16N4O2/c1-20-7-6-18-9-11(10-2-4-17-5-3-10)8-12(13(18)15)14(16)19/h2-5,8-9,15H,6-7H2,1H3,(H2,16,19). The largest absolute Gasteiger partial charge is 0.383 e. The highest BCUT2D eigenvalue weighted by Crippen LogP contribution is 2.17. The third-order valence-corrected chi connectivity index (χ3v) is 2.95. The number of ether oxygens (including phenoxy) is 1. The number of methoxy groups -OCH3 is 1. The van der Waals surface area contributed by atoms with Crippen LogP contribution < -0.4 is 11.2 Å². The number of nitrogens with two attached hydrogens (primary N) is 1. The second-order valence-corrected chi connectivity index (χ2v) is 4.28. The number of hydrogen-bond acceptors (Lipinski definition) is 4. The van der Waals surface area contributed by atoms with Crippen LogP contribution in [0.15, 0.2) is 36.8 Å². The molecule has 0 bridgehead atoms. The van der Waals surface area contributed by atoms with Gasteiger partial charge in [0.05, 0.1) is 12.2 Å². The normalized spacial score (nSPS) is 10.4. The Kier molecular flexibility index (Phi) is 4.27. The number of nitrogens with one attached hydrogen (secondary N) is 1. The molecule has 6 heteroatoms. The van der Waals surface area contributed by atoms with Crippen molar-refractivity contribution in [2.45, 2.75) is 6.54 Å². The Morgan fingerprint density at radius 3 is 2.70 bits per heavy atom. The van der Waals surface area contributed by atoms with E-state index in [1.165, 1.54) is 0 Å². The lowest BCUT2D eigenvalue weighted by molar-refractivity contribution is 0.0997. The highest BCUT2D eigenvalue weighted by atomic mass is 16.5. The van der Waals surface area contributed by atoms with Crippen LogP contribution in [0.5, 0.6) is 0 Å². The van der Waals surface area contributed by atoms with E-state index < -0.39 is 5.91 Å². The van der Waals surface area contributed by atoms with Crippen molar-refractivity contribution in [3.05, 3.63) is 47.8 Å². The van der Waals surface area contributed by atoms with Crippen molar-refractivity contribution in [2.24, 2.45) is 5.73 Å². The van der Waals surface area contributed by atoms with Gasteiger partial charge in [-0.1, -0.05) is 0 Å². The first-order chi connectivity index (χ1) is 9.63. The van der Waals surface area contributed by atoms with E-state index in [0.29, 0.717) is 13.2 Å². The molecule has 0 saturated carbocycles. The van der Waals surface area contributed by atoms with Gasteiger partial charge in [-0.15, -0.1) is 0 Å². The van der Waals surface area contributed by atoms with Crippen LogP contribution >= 0.6 is 0 Å². The summed E-state index contributed by atoms with van der Waals surface area (Å²) >= 11 is 0. The van der Waals surface area contributed by atoms with Crippen LogP contribution in [0.2, 0.25) is 0 Å². The van der Waals surface area contributed by atoms with Gasteiger partial charge in [-0.25, -0.2) is 0 Å². The molecule has 2 aromatic rings. The van der Waals surface area contributed by atoms with Gasteiger partial charge >= 0.3 is 0 Å². The van der Waals surface area contributed by atoms with Gasteiger partial charge in [-0.3, -0.25) is 15.2 Å². The van der Waals surface area contributed by atoms with Crippen LogP contribution in [0.1, 0.15) is 10.4 Å². The summed E-state index contributed by atoms with van der Waals surface area (Å²) in [5.74, 6) is -0.614. The molecule has 2 heterocycles. The zero-order chi connectivity index (χ0) is 14.5. The fraction of sp³-hybridized carbons (Fsp3) is 0.214. The molecule has 0 aliphatic heterocycles. The van der Waals surface area contributed by atoms with E-state index in [2.05, 4.69) is 4.98 Å². The maximum atomic E-state index is 11.5. The Hall–Kier alpha value is -2.47. The monoisotopic (exact) mass is 272 g/mol. The van der Waals surface area contributed by atoms with Crippen molar-refractivity contribution in [2.75, 3.05) is 13.7 Å². The average molecular weight is 272 g/mol. The van der Waals surface area contributed by atoms with Gasteiger partial charge in [-0.2, -0.15) is 0 Å². The molecule has 0 unspecified atom stereocenters.